The zero-order valence-corrected chi connectivity index (χ0v) is 20.2. The number of carboxylic acids is 2. The quantitative estimate of drug-likeness (QED) is 0.448. The predicted octanol–water partition coefficient (Wildman–Crippen LogP) is 3.10. The molecule has 0 bridgehead atoms. The van der Waals surface area contributed by atoms with Crippen LogP contribution in [0.4, 0.5) is 26.3 Å². The number of carbonyl (C=O) groups excluding carboxylic acids is 1. The maximum absolute atomic E-state index is 12.5. The van der Waals surface area contributed by atoms with Crippen molar-refractivity contribution in [3.63, 3.8) is 0 Å². The van der Waals surface area contributed by atoms with E-state index in [4.69, 9.17) is 29.0 Å². The number of amides is 1. The van der Waals surface area contributed by atoms with Crippen molar-refractivity contribution in [1.29, 1.82) is 0 Å². The number of ether oxygens (including phenoxy) is 1. The van der Waals surface area contributed by atoms with Gasteiger partial charge in [0.1, 0.15) is 0 Å². The van der Waals surface area contributed by atoms with Gasteiger partial charge >= 0.3 is 24.3 Å². The van der Waals surface area contributed by atoms with Gasteiger partial charge in [-0.3, -0.25) is 14.7 Å². The van der Waals surface area contributed by atoms with E-state index in [1.165, 1.54) is 5.56 Å². The molecule has 0 unspecified atom stereocenters. The van der Waals surface area contributed by atoms with Crippen molar-refractivity contribution in [3.05, 3.63) is 54.2 Å². The molecule has 0 aromatic carbocycles. The Morgan fingerprint density at radius 1 is 1.08 bits per heavy atom. The van der Waals surface area contributed by atoms with Gasteiger partial charge in [-0.15, -0.1) is 0 Å². The Balaban J connectivity index is 0.000000317. The van der Waals surface area contributed by atoms with E-state index >= 15 is 0 Å². The molecule has 1 amide bonds. The molecular formula is C23H25F6N3O7. The second kappa shape index (κ2) is 13.4. The first-order valence-electron chi connectivity index (χ1n) is 11.2. The van der Waals surface area contributed by atoms with Gasteiger partial charge in [0, 0.05) is 49.1 Å². The van der Waals surface area contributed by atoms with Gasteiger partial charge in [-0.25, -0.2) is 9.59 Å². The third-order valence-electron chi connectivity index (χ3n) is 5.77. The number of pyridine rings is 1. The highest BCUT2D eigenvalue weighted by Crippen LogP contribution is 2.44. The van der Waals surface area contributed by atoms with Gasteiger partial charge in [-0.1, -0.05) is 6.07 Å². The van der Waals surface area contributed by atoms with Crippen LogP contribution in [0.15, 0.2) is 47.4 Å². The second-order valence-corrected chi connectivity index (χ2v) is 8.76. The maximum atomic E-state index is 12.5. The summed E-state index contributed by atoms with van der Waals surface area (Å²) in [5, 5.41) is 17.3. The Kier molecular flexibility index (Phi) is 10.9. The summed E-state index contributed by atoms with van der Waals surface area (Å²) in [6, 6.07) is 7.72. The number of fused-ring (bicyclic) bond motifs is 1. The molecule has 2 aromatic heterocycles. The number of nitrogens with zero attached hydrogens (tertiary/aromatic N) is 2. The zero-order chi connectivity index (χ0) is 29.3. The van der Waals surface area contributed by atoms with Crippen LogP contribution in [0.1, 0.15) is 17.7 Å². The number of hydrogen-bond acceptors (Lipinski definition) is 7. The molecule has 0 saturated carbocycles. The Hall–Kier alpha value is -3.66. The number of furan rings is 1. The monoisotopic (exact) mass is 569 g/mol. The average Bonchev–Trinajstić information content (AvgIpc) is 3.55. The van der Waals surface area contributed by atoms with E-state index in [-0.39, 0.29) is 11.3 Å². The van der Waals surface area contributed by atoms with Crippen LogP contribution in [0.3, 0.4) is 0 Å². The molecule has 4 heterocycles. The SMILES string of the molecule is O=C(C[C@]12COC[C@H]1CN(Cc1ccoc1)C2)NCc1ccccn1.O=C(O)C(F)(F)F.O=C(O)C(F)(F)F. The first kappa shape index (κ1) is 31.6. The maximum Gasteiger partial charge on any atom is 0.490 e. The van der Waals surface area contributed by atoms with Gasteiger partial charge in [0.15, 0.2) is 0 Å². The molecule has 3 N–H and O–H groups in total. The molecule has 16 heteroatoms. The summed E-state index contributed by atoms with van der Waals surface area (Å²) in [6.45, 7) is 4.61. The Morgan fingerprint density at radius 2 is 1.72 bits per heavy atom. The lowest BCUT2D eigenvalue weighted by Gasteiger charge is -2.26. The molecule has 2 aromatic rings. The van der Waals surface area contributed by atoms with Crippen LogP contribution in [0, 0.1) is 11.3 Å². The molecule has 2 aliphatic rings. The van der Waals surface area contributed by atoms with E-state index in [0.29, 0.717) is 25.5 Å². The van der Waals surface area contributed by atoms with Gasteiger partial charge < -0.3 is 24.7 Å². The minimum Gasteiger partial charge on any atom is -0.475 e. The molecular weight excluding hydrogens is 544 g/mol. The standard InChI is InChI=1S/C19H23N3O3.2C2HF3O2/c23-18(21-8-17-3-1-2-5-20-17)7-19-13-22(9-15-4-6-24-11-15)10-16(19)12-25-14-19;2*3-2(4,5)1(6)7/h1-6,11,16H,7-10,12-14H2,(H,21,23);2*(H,6,7)/t16-,19+;;/m1../s1. The number of hydrogen-bond donors (Lipinski definition) is 3. The van der Waals surface area contributed by atoms with E-state index in [0.717, 1.165) is 31.9 Å². The van der Waals surface area contributed by atoms with Crippen molar-refractivity contribution in [2.75, 3.05) is 26.3 Å². The fourth-order valence-corrected chi connectivity index (χ4v) is 4.03. The van der Waals surface area contributed by atoms with E-state index in [1.807, 2.05) is 24.3 Å². The first-order chi connectivity index (χ1) is 18.1. The molecule has 10 nitrogen and oxygen atoms in total. The highest BCUT2D eigenvalue weighted by Gasteiger charge is 2.51. The van der Waals surface area contributed by atoms with Gasteiger partial charge in [0.25, 0.3) is 0 Å². The molecule has 0 spiro atoms. The number of likely N-dealkylation sites (tertiary alicyclic amines) is 1. The molecule has 4 rings (SSSR count). The fourth-order valence-electron chi connectivity index (χ4n) is 4.03. The van der Waals surface area contributed by atoms with Crippen LogP contribution in [-0.4, -0.2) is 76.6 Å². The smallest absolute Gasteiger partial charge is 0.475 e. The van der Waals surface area contributed by atoms with E-state index in [2.05, 4.69) is 15.2 Å². The van der Waals surface area contributed by atoms with E-state index in [9.17, 15) is 31.1 Å². The summed E-state index contributed by atoms with van der Waals surface area (Å²) in [4.78, 5) is 36.9. The molecule has 2 fully saturated rings. The molecule has 0 aliphatic carbocycles. The highest BCUT2D eigenvalue weighted by atomic mass is 19.4. The van der Waals surface area contributed by atoms with Gasteiger partial charge in [0.05, 0.1) is 38.0 Å². The van der Waals surface area contributed by atoms with Crippen LogP contribution in [-0.2, 0) is 32.2 Å². The van der Waals surface area contributed by atoms with Crippen molar-refractivity contribution in [2.45, 2.75) is 31.9 Å². The van der Waals surface area contributed by atoms with Crippen LogP contribution >= 0.6 is 0 Å². The summed E-state index contributed by atoms with van der Waals surface area (Å²) in [5.41, 5.74) is 1.98. The van der Waals surface area contributed by atoms with Crippen molar-refractivity contribution in [2.24, 2.45) is 11.3 Å². The number of aliphatic carboxylic acids is 2. The first-order valence-corrected chi connectivity index (χ1v) is 11.2. The van der Waals surface area contributed by atoms with Crippen LogP contribution in [0.25, 0.3) is 0 Å². The number of nitrogens with one attached hydrogen (secondary N) is 1. The summed E-state index contributed by atoms with van der Waals surface area (Å²) in [5.74, 6) is -5.02. The number of aromatic nitrogens is 1. The van der Waals surface area contributed by atoms with Crippen molar-refractivity contribution >= 4 is 17.8 Å². The number of carboxylic acid groups (broad SMARTS) is 2. The molecule has 0 radical (unpaired) electrons. The lowest BCUT2D eigenvalue weighted by molar-refractivity contribution is -0.193. The normalized spacial score (nSPS) is 20.6. The number of rotatable bonds is 6. The van der Waals surface area contributed by atoms with Crippen LogP contribution in [0.2, 0.25) is 0 Å². The second-order valence-electron chi connectivity index (χ2n) is 8.76. The van der Waals surface area contributed by atoms with Crippen molar-refractivity contribution < 1.29 is 60.1 Å². The lowest BCUT2D eigenvalue weighted by Crippen LogP contribution is -2.37. The average molecular weight is 569 g/mol. The minimum atomic E-state index is -5.08. The Labute approximate surface area is 217 Å². The summed E-state index contributed by atoms with van der Waals surface area (Å²) in [7, 11) is 0. The van der Waals surface area contributed by atoms with Crippen LogP contribution < -0.4 is 5.32 Å². The largest absolute Gasteiger partial charge is 0.490 e. The van der Waals surface area contributed by atoms with Crippen LogP contribution in [0.5, 0.6) is 0 Å². The number of halogens is 6. The summed E-state index contributed by atoms with van der Waals surface area (Å²) in [6.07, 6.45) is -4.43. The fraction of sp³-hybridized carbons (Fsp3) is 0.478. The molecule has 2 atom stereocenters. The zero-order valence-electron chi connectivity index (χ0n) is 20.2. The molecule has 39 heavy (non-hydrogen) atoms. The third kappa shape index (κ3) is 10.2. The van der Waals surface area contributed by atoms with Crippen molar-refractivity contribution in [3.8, 4) is 0 Å². The minimum absolute atomic E-state index is 0.0715. The summed E-state index contributed by atoms with van der Waals surface area (Å²) >= 11 is 0. The van der Waals surface area contributed by atoms with E-state index in [1.54, 1.807) is 18.7 Å². The highest BCUT2D eigenvalue weighted by molar-refractivity contribution is 5.77. The lowest BCUT2D eigenvalue weighted by atomic mass is 9.78. The predicted molar refractivity (Wildman–Crippen MR) is 119 cm³/mol. The topological polar surface area (TPSA) is 142 Å². The molecule has 216 valence electrons. The Morgan fingerprint density at radius 3 is 2.23 bits per heavy atom. The summed E-state index contributed by atoms with van der Waals surface area (Å²) < 4.78 is 74.4. The van der Waals surface area contributed by atoms with Gasteiger partial charge in [-0.2, -0.15) is 26.3 Å². The molecule has 2 saturated heterocycles. The number of carbonyl (C=O) groups is 3. The third-order valence-corrected chi connectivity index (χ3v) is 5.77. The molecule has 2 aliphatic heterocycles. The van der Waals surface area contributed by atoms with Crippen molar-refractivity contribution in [1.82, 2.24) is 15.2 Å². The van der Waals surface area contributed by atoms with Gasteiger partial charge in [-0.05, 0) is 18.2 Å². The van der Waals surface area contributed by atoms with Gasteiger partial charge in [0.2, 0.25) is 5.91 Å². The number of alkyl halides is 6. The van der Waals surface area contributed by atoms with E-state index < -0.39 is 24.3 Å². The Bertz CT molecular complexity index is 1060.